The molecule has 0 aromatic heterocycles. The molecule has 0 saturated carbocycles. The van der Waals surface area contributed by atoms with Crippen molar-refractivity contribution in [3.05, 3.63) is 71.7 Å². The molecule has 0 aliphatic carbocycles. The first-order valence-corrected chi connectivity index (χ1v) is 6.58. The van der Waals surface area contributed by atoms with Crippen LogP contribution in [0.3, 0.4) is 0 Å². The summed E-state index contributed by atoms with van der Waals surface area (Å²) >= 11 is 0. The number of hydrogen-bond donors (Lipinski definition) is 2. The molecule has 20 heavy (non-hydrogen) atoms. The van der Waals surface area contributed by atoms with Gasteiger partial charge >= 0.3 is 0 Å². The number of carbonyl (C=O) groups is 1. The van der Waals surface area contributed by atoms with Crippen LogP contribution in [0.25, 0.3) is 0 Å². The smallest absolute Gasteiger partial charge is 0.234 e. The van der Waals surface area contributed by atoms with Crippen LogP contribution < -0.4 is 11.1 Å². The SMILES string of the molecule is [3H]c1cccc([3H])c1C(C)(Cc1ccccc1)NC(=O)CN. The quantitative estimate of drug-likeness (QED) is 0.877. The van der Waals surface area contributed by atoms with Crippen LogP contribution in [0.4, 0.5) is 0 Å². The van der Waals surface area contributed by atoms with Crippen molar-refractivity contribution in [3.8, 4) is 0 Å². The molecular formula is C17H20N2O. The van der Waals surface area contributed by atoms with Gasteiger partial charge in [-0.3, -0.25) is 4.79 Å². The largest absolute Gasteiger partial charge is 0.345 e. The lowest BCUT2D eigenvalue weighted by molar-refractivity contribution is -0.121. The van der Waals surface area contributed by atoms with Crippen LogP contribution >= 0.6 is 0 Å². The molecule has 0 radical (unpaired) electrons. The van der Waals surface area contributed by atoms with E-state index in [9.17, 15) is 4.79 Å². The van der Waals surface area contributed by atoms with Gasteiger partial charge in [-0.05, 0) is 24.5 Å². The van der Waals surface area contributed by atoms with Gasteiger partial charge in [-0.15, -0.1) is 0 Å². The van der Waals surface area contributed by atoms with Crippen LogP contribution in [-0.2, 0) is 16.8 Å². The first-order valence-electron chi connectivity index (χ1n) is 7.58. The Morgan fingerprint density at radius 2 is 1.80 bits per heavy atom. The Balaban J connectivity index is 2.48. The van der Waals surface area contributed by atoms with Crippen molar-refractivity contribution in [2.75, 3.05) is 6.54 Å². The van der Waals surface area contributed by atoms with Gasteiger partial charge in [0.2, 0.25) is 5.91 Å². The van der Waals surface area contributed by atoms with Crippen molar-refractivity contribution >= 4 is 5.91 Å². The van der Waals surface area contributed by atoms with E-state index >= 15 is 0 Å². The van der Waals surface area contributed by atoms with Crippen molar-refractivity contribution in [2.45, 2.75) is 18.9 Å². The fourth-order valence-electron chi connectivity index (χ4n) is 2.23. The van der Waals surface area contributed by atoms with E-state index in [2.05, 4.69) is 5.32 Å². The summed E-state index contributed by atoms with van der Waals surface area (Å²) < 4.78 is 16.3. The van der Waals surface area contributed by atoms with Gasteiger partial charge in [0.1, 0.15) is 0 Å². The maximum absolute atomic E-state index is 11.9. The predicted molar refractivity (Wildman–Crippen MR) is 81.1 cm³/mol. The minimum Gasteiger partial charge on any atom is -0.345 e. The highest BCUT2D eigenvalue weighted by Crippen LogP contribution is 2.25. The summed E-state index contributed by atoms with van der Waals surface area (Å²) in [6.45, 7) is 1.71. The molecule has 0 aliphatic rings. The molecule has 0 aliphatic heterocycles. The van der Waals surface area contributed by atoms with Gasteiger partial charge in [0.05, 0.1) is 14.8 Å². The van der Waals surface area contributed by atoms with Crippen molar-refractivity contribution in [3.63, 3.8) is 0 Å². The summed E-state index contributed by atoms with van der Waals surface area (Å²) in [4.78, 5) is 11.9. The highest BCUT2D eigenvalue weighted by Gasteiger charge is 2.28. The van der Waals surface area contributed by atoms with Crippen LogP contribution in [-0.4, -0.2) is 12.5 Å². The minimum atomic E-state index is -0.854. The molecule has 0 heterocycles. The molecule has 2 aromatic carbocycles. The standard InChI is InChI=1S/C17H20N2O/c1-17(19-16(20)13-18,15-10-6-3-7-11-15)12-14-8-4-2-5-9-14/h2-11H,12-13,18H2,1H3,(H,19,20)/i10T,11T. The summed E-state index contributed by atoms with van der Waals surface area (Å²) in [5.41, 5.74) is 6.09. The third-order valence-electron chi connectivity index (χ3n) is 3.20. The van der Waals surface area contributed by atoms with E-state index in [4.69, 9.17) is 8.48 Å². The zero-order valence-electron chi connectivity index (χ0n) is 13.5. The fraction of sp³-hybridized carbons (Fsp3) is 0.235. The maximum Gasteiger partial charge on any atom is 0.234 e. The van der Waals surface area contributed by atoms with E-state index < -0.39 is 5.54 Å². The molecule has 0 bridgehead atoms. The zero-order chi connectivity index (χ0) is 16.2. The van der Waals surface area contributed by atoms with Gasteiger partial charge in [-0.2, -0.15) is 0 Å². The molecule has 3 heteroatoms. The molecule has 3 N–H and O–H groups in total. The predicted octanol–water partition coefficient (Wildman–Crippen LogP) is 2.22. The Hall–Kier alpha value is -2.13. The lowest BCUT2D eigenvalue weighted by atomic mass is 9.85. The van der Waals surface area contributed by atoms with E-state index in [0.717, 1.165) is 5.56 Å². The number of carbonyl (C=O) groups excluding carboxylic acids is 1. The first kappa shape index (κ1) is 11.7. The summed E-state index contributed by atoms with van der Waals surface area (Å²) in [5, 5.41) is 2.89. The Bertz CT molecular complexity index is 641. The third-order valence-corrected chi connectivity index (χ3v) is 3.20. The second kappa shape index (κ2) is 6.35. The number of nitrogens with one attached hydrogen (secondary N) is 1. The Labute approximate surface area is 122 Å². The average Bonchev–Trinajstić information content (AvgIpc) is 2.47. The van der Waals surface area contributed by atoms with E-state index in [0.29, 0.717) is 12.0 Å². The lowest BCUT2D eigenvalue weighted by Gasteiger charge is -2.31. The van der Waals surface area contributed by atoms with Gasteiger partial charge < -0.3 is 11.1 Å². The van der Waals surface area contributed by atoms with E-state index in [1.807, 2.05) is 37.3 Å². The van der Waals surface area contributed by atoms with Crippen LogP contribution in [0.2, 0.25) is 0 Å². The normalized spacial score (nSPS) is 14.9. The fourth-order valence-corrected chi connectivity index (χ4v) is 2.23. The van der Waals surface area contributed by atoms with Crippen LogP contribution in [0.15, 0.2) is 60.6 Å². The summed E-state index contributed by atoms with van der Waals surface area (Å²) in [6, 6.07) is 15.1. The summed E-state index contributed by atoms with van der Waals surface area (Å²) in [5.74, 6) is -0.305. The van der Waals surface area contributed by atoms with E-state index in [-0.39, 0.29) is 24.5 Å². The van der Waals surface area contributed by atoms with Gasteiger partial charge in [-0.25, -0.2) is 0 Å². The molecular weight excluding hydrogens is 248 g/mol. The Morgan fingerprint density at radius 1 is 1.20 bits per heavy atom. The monoisotopic (exact) mass is 272 g/mol. The first-order chi connectivity index (χ1) is 10.5. The Kier molecular flexibility index (Phi) is 3.71. The molecule has 1 amide bonds. The van der Waals surface area contributed by atoms with Gasteiger partial charge in [-0.1, -0.05) is 60.6 Å². The minimum absolute atomic E-state index is 0.127. The van der Waals surface area contributed by atoms with Gasteiger partial charge in [0, 0.05) is 0 Å². The molecule has 2 aromatic rings. The van der Waals surface area contributed by atoms with E-state index in [1.54, 1.807) is 18.2 Å². The van der Waals surface area contributed by atoms with Crippen LogP contribution in [0, 0.1) is 0 Å². The summed E-state index contributed by atoms with van der Waals surface area (Å²) in [6.07, 6.45) is 0.487. The molecule has 0 spiro atoms. The van der Waals surface area contributed by atoms with Crippen molar-refractivity contribution in [1.29, 1.82) is 0 Å². The number of benzene rings is 2. The highest BCUT2D eigenvalue weighted by molar-refractivity contribution is 5.78. The maximum atomic E-state index is 11.9. The van der Waals surface area contributed by atoms with Crippen LogP contribution in [0.5, 0.6) is 0 Å². The van der Waals surface area contributed by atoms with Crippen molar-refractivity contribution in [1.82, 2.24) is 5.32 Å². The molecule has 2 rings (SSSR count). The molecule has 0 fully saturated rings. The van der Waals surface area contributed by atoms with Crippen molar-refractivity contribution < 1.29 is 7.54 Å². The second-order valence-electron chi connectivity index (χ2n) is 4.94. The van der Waals surface area contributed by atoms with Crippen LogP contribution in [0.1, 0.15) is 20.8 Å². The molecule has 3 nitrogen and oxygen atoms in total. The van der Waals surface area contributed by atoms with Gasteiger partial charge in [0.15, 0.2) is 0 Å². The average molecular weight is 272 g/mol. The number of nitrogens with two attached hydrogens (primary N) is 1. The molecule has 1 atom stereocenters. The van der Waals surface area contributed by atoms with E-state index in [1.165, 1.54) is 0 Å². The number of amides is 1. The highest BCUT2D eigenvalue weighted by atomic mass is 16.2. The zero-order valence-corrected chi connectivity index (χ0v) is 11.5. The Morgan fingerprint density at radius 3 is 2.40 bits per heavy atom. The van der Waals surface area contributed by atoms with Crippen molar-refractivity contribution in [2.24, 2.45) is 5.73 Å². The number of hydrogen-bond acceptors (Lipinski definition) is 2. The summed E-state index contributed by atoms with van der Waals surface area (Å²) in [7, 11) is 0. The topological polar surface area (TPSA) is 55.1 Å². The van der Waals surface area contributed by atoms with Gasteiger partial charge in [0.25, 0.3) is 0 Å². The molecule has 0 saturated heterocycles. The number of rotatable bonds is 5. The molecule has 104 valence electrons. The molecule has 1 unspecified atom stereocenters. The second-order valence-corrected chi connectivity index (χ2v) is 4.94. The lowest BCUT2D eigenvalue weighted by Crippen LogP contribution is -2.47. The third kappa shape index (κ3) is 3.45.